The minimum atomic E-state index is -0.944. The topological polar surface area (TPSA) is 95.5 Å². The van der Waals surface area contributed by atoms with Gasteiger partial charge in [-0.25, -0.2) is 4.79 Å². The smallest absolute Gasteiger partial charge is 0.351 e. The molecule has 3 aromatic carbocycles. The van der Waals surface area contributed by atoms with Crippen LogP contribution in [0.25, 0.3) is 0 Å². The molecule has 0 saturated carbocycles. The first-order chi connectivity index (χ1) is 16.1. The van der Waals surface area contributed by atoms with Crippen molar-refractivity contribution in [1.82, 2.24) is 0 Å². The summed E-state index contributed by atoms with van der Waals surface area (Å²) in [6.07, 6.45) is 0.609. The molecule has 3 rings (SSSR count). The number of hydrogen-bond acceptors (Lipinski definition) is 7. The van der Waals surface area contributed by atoms with Crippen molar-refractivity contribution in [2.75, 3.05) is 14.2 Å². The van der Waals surface area contributed by atoms with Crippen molar-refractivity contribution in [2.45, 2.75) is 11.9 Å². The standard InChI is InChI=1S/C25H25N3O4S/c1-30-21-14-13-19(16-27-28-25(26)33-17-18-9-5-3-6-10-18)15-22(21)32-23(24(29)31-2)20-11-7-4-8-12-20/h3-16,23H,17H2,1-2H3,(H2,26,28). The molecular weight excluding hydrogens is 438 g/mol. The van der Waals surface area contributed by atoms with E-state index in [4.69, 9.17) is 19.9 Å². The van der Waals surface area contributed by atoms with Crippen LogP contribution in [0.1, 0.15) is 22.8 Å². The number of methoxy groups -OCH3 is 2. The van der Waals surface area contributed by atoms with Gasteiger partial charge in [0.15, 0.2) is 16.7 Å². The third-order valence-corrected chi connectivity index (χ3v) is 5.40. The second kappa shape index (κ2) is 12.3. The van der Waals surface area contributed by atoms with E-state index in [2.05, 4.69) is 10.2 Å². The molecule has 0 spiro atoms. The highest BCUT2D eigenvalue weighted by Gasteiger charge is 2.25. The fraction of sp³-hybridized carbons (Fsp3) is 0.160. The van der Waals surface area contributed by atoms with Gasteiger partial charge in [0.05, 0.1) is 20.4 Å². The van der Waals surface area contributed by atoms with Crippen LogP contribution < -0.4 is 15.2 Å². The molecule has 2 N–H and O–H groups in total. The second-order valence-electron chi connectivity index (χ2n) is 6.80. The van der Waals surface area contributed by atoms with E-state index < -0.39 is 12.1 Å². The Morgan fingerprint density at radius 1 is 1.00 bits per heavy atom. The maximum absolute atomic E-state index is 12.4. The van der Waals surface area contributed by atoms with Crippen LogP contribution in [0.15, 0.2) is 89.1 Å². The molecule has 0 fully saturated rings. The summed E-state index contributed by atoms with van der Waals surface area (Å²) < 4.78 is 16.3. The third-order valence-electron chi connectivity index (χ3n) is 4.54. The van der Waals surface area contributed by atoms with E-state index in [1.165, 1.54) is 26.0 Å². The molecule has 8 heteroatoms. The second-order valence-corrected chi connectivity index (χ2v) is 7.79. The van der Waals surface area contributed by atoms with Crippen molar-refractivity contribution < 1.29 is 19.0 Å². The van der Waals surface area contributed by atoms with Crippen LogP contribution in [0.3, 0.4) is 0 Å². The number of esters is 1. The first-order valence-electron chi connectivity index (χ1n) is 10.1. The van der Waals surface area contributed by atoms with Gasteiger partial charge in [0, 0.05) is 11.3 Å². The summed E-state index contributed by atoms with van der Waals surface area (Å²) in [6.45, 7) is 0. The lowest BCUT2D eigenvalue weighted by Crippen LogP contribution is -2.20. The average molecular weight is 464 g/mol. The minimum Gasteiger partial charge on any atom is -0.493 e. The highest BCUT2D eigenvalue weighted by Crippen LogP contribution is 2.32. The molecule has 7 nitrogen and oxygen atoms in total. The molecule has 33 heavy (non-hydrogen) atoms. The Kier molecular flexibility index (Phi) is 8.90. The highest BCUT2D eigenvalue weighted by atomic mass is 32.2. The Morgan fingerprint density at radius 2 is 1.70 bits per heavy atom. The summed E-state index contributed by atoms with van der Waals surface area (Å²) >= 11 is 1.40. The third kappa shape index (κ3) is 7.11. The van der Waals surface area contributed by atoms with Gasteiger partial charge in [-0.2, -0.15) is 5.10 Å². The Hall–Kier alpha value is -3.78. The van der Waals surface area contributed by atoms with Gasteiger partial charge >= 0.3 is 5.97 Å². The summed E-state index contributed by atoms with van der Waals surface area (Å²) in [7, 11) is 2.85. The quantitative estimate of drug-likeness (QED) is 0.216. The van der Waals surface area contributed by atoms with Gasteiger partial charge in [-0.3, -0.25) is 0 Å². The van der Waals surface area contributed by atoms with Crippen molar-refractivity contribution in [2.24, 2.45) is 15.9 Å². The van der Waals surface area contributed by atoms with Crippen molar-refractivity contribution in [3.8, 4) is 11.5 Å². The zero-order valence-corrected chi connectivity index (χ0v) is 19.2. The number of nitrogens with two attached hydrogens (primary N) is 1. The monoisotopic (exact) mass is 463 g/mol. The number of rotatable bonds is 9. The molecule has 3 aromatic rings. The summed E-state index contributed by atoms with van der Waals surface area (Å²) in [5, 5.41) is 8.46. The van der Waals surface area contributed by atoms with Crippen molar-refractivity contribution in [3.05, 3.63) is 95.6 Å². The van der Waals surface area contributed by atoms with Crippen molar-refractivity contribution in [3.63, 3.8) is 0 Å². The number of nitrogens with zero attached hydrogens (tertiary/aromatic N) is 2. The van der Waals surface area contributed by atoms with Crippen LogP contribution in [0.4, 0.5) is 0 Å². The van der Waals surface area contributed by atoms with Crippen LogP contribution in [0, 0.1) is 0 Å². The van der Waals surface area contributed by atoms with E-state index in [1.54, 1.807) is 36.5 Å². The van der Waals surface area contributed by atoms with Gasteiger partial charge in [0.25, 0.3) is 0 Å². The first-order valence-corrected chi connectivity index (χ1v) is 11.1. The minimum absolute atomic E-state index is 0.356. The lowest BCUT2D eigenvalue weighted by Gasteiger charge is -2.19. The summed E-state index contributed by atoms with van der Waals surface area (Å²) in [5.41, 5.74) is 8.46. The summed E-state index contributed by atoms with van der Waals surface area (Å²) in [5.74, 6) is 1.03. The molecule has 0 saturated heterocycles. The molecule has 1 atom stereocenters. The van der Waals surface area contributed by atoms with Crippen molar-refractivity contribution >= 4 is 29.1 Å². The molecule has 0 aliphatic heterocycles. The molecule has 0 aliphatic carbocycles. The molecule has 0 radical (unpaired) electrons. The van der Waals surface area contributed by atoms with Gasteiger partial charge < -0.3 is 19.9 Å². The molecule has 1 unspecified atom stereocenters. The van der Waals surface area contributed by atoms with E-state index in [0.29, 0.717) is 33.5 Å². The molecule has 0 aliphatic rings. The number of thioether (sulfide) groups is 1. The highest BCUT2D eigenvalue weighted by molar-refractivity contribution is 8.13. The zero-order valence-electron chi connectivity index (χ0n) is 18.4. The molecule has 0 heterocycles. The predicted octanol–water partition coefficient (Wildman–Crippen LogP) is 4.57. The largest absolute Gasteiger partial charge is 0.493 e. The predicted molar refractivity (Wildman–Crippen MR) is 132 cm³/mol. The number of carbonyl (C=O) groups excluding carboxylic acids is 1. The lowest BCUT2D eigenvalue weighted by atomic mass is 10.1. The lowest BCUT2D eigenvalue weighted by molar-refractivity contribution is -0.149. The number of hydrogen-bond donors (Lipinski definition) is 1. The van der Waals surface area contributed by atoms with E-state index in [1.807, 2.05) is 48.5 Å². The Morgan fingerprint density at radius 3 is 2.36 bits per heavy atom. The Balaban J connectivity index is 1.73. The summed E-state index contributed by atoms with van der Waals surface area (Å²) in [4.78, 5) is 12.4. The SMILES string of the molecule is COC(=O)C(Oc1cc(C=NN=C(N)SCc2ccccc2)ccc1OC)c1ccccc1. The van der Waals surface area contributed by atoms with Gasteiger partial charge in [-0.15, -0.1) is 5.10 Å². The van der Waals surface area contributed by atoms with Crippen LogP contribution in [0.2, 0.25) is 0 Å². The normalized spacial score (nSPS) is 12.4. The van der Waals surface area contributed by atoms with Crippen LogP contribution >= 0.6 is 11.8 Å². The van der Waals surface area contributed by atoms with E-state index in [-0.39, 0.29) is 0 Å². The number of ether oxygens (including phenoxy) is 3. The number of amidine groups is 1. The van der Waals surface area contributed by atoms with E-state index in [9.17, 15) is 4.79 Å². The summed E-state index contributed by atoms with van der Waals surface area (Å²) in [6, 6.07) is 24.3. The van der Waals surface area contributed by atoms with Gasteiger partial charge in [0.1, 0.15) is 0 Å². The molecular formula is C25H25N3O4S. The number of benzene rings is 3. The molecule has 170 valence electrons. The van der Waals surface area contributed by atoms with Crippen LogP contribution in [-0.2, 0) is 15.3 Å². The van der Waals surface area contributed by atoms with Gasteiger partial charge in [-0.05, 0) is 29.3 Å². The van der Waals surface area contributed by atoms with Gasteiger partial charge in [-0.1, -0.05) is 72.4 Å². The molecule has 0 amide bonds. The van der Waals surface area contributed by atoms with Gasteiger partial charge in [0.2, 0.25) is 6.10 Å². The average Bonchev–Trinajstić information content (AvgIpc) is 2.87. The fourth-order valence-corrected chi connectivity index (χ4v) is 3.50. The number of carbonyl (C=O) groups is 1. The zero-order chi connectivity index (χ0) is 23.5. The molecule has 0 aromatic heterocycles. The van der Waals surface area contributed by atoms with Crippen molar-refractivity contribution in [1.29, 1.82) is 0 Å². The first kappa shape index (κ1) is 23.9. The molecule has 0 bridgehead atoms. The van der Waals surface area contributed by atoms with E-state index >= 15 is 0 Å². The maximum Gasteiger partial charge on any atom is 0.351 e. The Labute approximate surface area is 197 Å². The van der Waals surface area contributed by atoms with Crippen LogP contribution in [0.5, 0.6) is 11.5 Å². The Bertz CT molecular complexity index is 1110. The van der Waals surface area contributed by atoms with Crippen LogP contribution in [-0.4, -0.2) is 31.6 Å². The van der Waals surface area contributed by atoms with E-state index in [0.717, 1.165) is 5.56 Å². The maximum atomic E-state index is 12.4. The fourth-order valence-electron chi connectivity index (χ4n) is 2.89.